The third-order valence-electron chi connectivity index (χ3n) is 5.12. The molecule has 4 heterocycles. The number of benzene rings is 1. The van der Waals surface area contributed by atoms with Gasteiger partial charge < -0.3 is 9.80 Å². The van der Waals surface area contributed by atoms with Crippen LogP contribution in [-0.4, -0.2) is 46.4 Å². The quantitative estimate of drug-likeness (QED) is 0.528. The number of thiophene rings is 1. The van der Waals surface area contributed by atoms with Crippen LogP contribution in [0, 0.1) is 0 Å². The molecule has 0 saturated carbocycles. The van der Waals surface area contributed by atoms with Crippen LogP contribution in [0.3, 0.4) is 0 Å². The number of carbonyl (C=O) groups is 1. The topological polar surface area (TPSA) is 57.9 Å². The Hall–Kier alpha value is -3.19. The Balaban J connectivity index is 1.40. The Labute approximate surface area is 165 Å². The summed E-state index contributed by atoms with van der Waals surface area (Å²) in [5.74, 6) is -0.0239. The van der Waals surface area contributed by atoms with Gasteiger partial charge in [-0.3, -0.25) is 14.0 Å². The van der Waals surface area contributed by atoms with Crippen LogP contribution in [0.25, 0.3) is 15.9 Å². The molecule has 1 aromatic carbocycles. The number of fused-ring (bicyclic) bond motifs is 2. The summed E-state index contributed by atoms with van der Waals surface area (Å²) in [5, 5.41) is 0.500. The van der Waals surface area contributed by atoms with Gasteiger partial charge in [0.2, 0.25) is 0 Å². The van der Waals surface area contributed by atoms with Gasteiger partial charge in [0.15, 0.2) is 0 Å². The second-order valence-corrected chi connectivity index (χ2v) is 7.82. The summed E-state index contributed by atoms with van der Waals surface area (Å²) >= 11 is 1.30. The minimum atomic E-state index is -0.134. The van der Waals surface area contributed by atoms with Crippen LogP contribution in [0.5, 0.6) is 0 Å². The number of amides is 1. The summed E-state index contributed by atoms with van der Waals surface area (Å²) in [6.45, 7) is 2.92. The van der Waals surface area contributed by atoms with Crippen molar-refractivity contribution in [1.82, 2.24) is 14.3 Å². The number of anilines is 1. The second kappa shape index (κ2) is 6.76. The SMILES string of the molecule is O=C(c1cc2c(=O)n3ccccc3nc2s1)N1CCN(c2ccccc2)CC1. The first-order chi connectivity index (χ1) is 13.7. The maximum absolute atomic E-state index is 13.0. The van der Waals surface area contributed by atoms with Crippen LogP contribution in [0.4, 0.5) is 5.69 Å². The largest absolute Gasteiger partial charge is 0.368 e. The highest BCUT2D eigenvalue weighted by molar-refractivity contribution is 7.20. The molecule has 0 radical (unpaired) electrons. The van der Waals surface area contributed by atoms with Gasteiger partial charge in [-0.25, -0.2) is 4.98 Å². The number of piperazine rings is 1. The van der Waals surface area contributed by atoms with Crippen molar-refractivity contribution in [2.75, 3.05) is 31.1 Å². The Morgan fingerprint density at radius 1 is 0.964 bits per heavy atom. The van der Waals surface area contributed by atoms with E-state index in [0.717, 1.165) is 13.1 Å². The van der Waals surface area contributed by atoms with E-state index < -0.39 is 0 Å². The van der Waals surface area contributed by atoms with E-state index in [9.17, 15) is 9.59 Å². The Morgan fingerprint density at radius 2 is 1.71 bits per heavy atom. The molecule has 4 aromatic rings. The molecule has 0 bridgehead atoms. The van der Waals surface area contributed by atoms with Gasteiger partial charge in [-0.15, -0.1) is 11.3 Å². The van der Waals surface area contributed by atoms with Crippen LogP contribution in [0.15, 0.2) is 65.6 Å². The molecule has 0 N–H and O–H groups in total. The van der Waals surface area contributed by atoms with Gasteiger partial charge in [-0.2, -0.15) is 0 Å². The van der Waals surface area contributed by atoms with Crippen molar-refractivity contribution in [3.63, 3.8) is 0 Å². The van der Waals surface area contributed by atoms with Crippen molar-refractivity contribution in [3.8, 4) is 0 Å². The lowest BCUT2D eigenvalue weighted by molar-refractivity contribution is 0.0751. The maximum atomic E-state index is 13.0. The third kappa shape index (κ3) is 2.84. The molecular formula is C21H18N4O2S. The molecule has 1 aliphatic heterocycles. The summed E-state index contributed by atoms with van der Waals surface area (Å²) in [4.78, 5) is 35.6. The fourth-order valence-electron chi connectivity index (χ4n) is 3.62. The number of pyridine rings is 1. The van der Waals surface area contributed by atoms with E-state index in [0.29, 0.717) is 33.8 Å². The van der Waals surface area contributed by atoms with Gasteiger partial charge in [0.1, 0.15) is 10.5 Å². The van der Waals surface area contributed by atoms with Gasteiger partial charge in [0.05, 0.1) is 10.3 Å². The molecule has 1 amide bonds. The minimum absolute atomic E-state index is 0.0239. The smallest absolute Gasteiger partial charge is 0.266 e. The standard InChI is InChI=1S/C21H18N4O2S/c26-20-16-14-17(28-19(16)22-18-8-4-5-9-25(18)20)21(27)24-12-10-23(11-13-24)15-6-2-1-3-7-15/h1-9,14H,10-13H2. The Kier molecular flexibility index (Phi) is 4.09. The molecular weight excluding hydrogens is 372 g/mol. The summed E-state index contributed by atoms with van der Waals surface area (Å²) in [6.07, 6.45) is 1.70. The van der Waals surface area contributed by atoms with E-state index in [1.165, 1.54) is 21.4 Å². The van der Waals surface area contributed by atoms with E-state index in [-0.39, 0.29) is 11.5 Å². The van der Waals surface area contributed by atoms with Gasteiger partial charge in [0.25, 0.3) is 11.5 Å². The monoisotopic (exact) mass is 390 g/mol. The number of carbonyl (C=O) groups excluding carboxylic acids is 1. The zero-order valence-electron chi connectivity index (χ0n) is 15.1. The molecule has 5 rings (SSSR count). The third-order valence-corrected chi connectivity index (χ3v) is 6.13. The second-order valence-electron chi connectivity index (χ2n) is 6.79. The highest BCUT2D eigenvalue weighted by Gasteiger charge is 2.24. The van der Waals surface area contributed by atoms with Crippen molar-refractivity contribution in [2.45, 2.75) is 0 Å². The number of aromatic nitrogens is 2. The Morgan fingerprint density at radius 3 is 2.50 bits per heavy atom. The predicted octanol–water partition coefficient (Wildman–Crippen LogP) is 2.87. The van der Waals surface area contributed by atoms with E-state index in [2.05, 4.69) is 22.0 Å². The summed E-state index contributed by atoms with van der Waals surface area (Å²) in [6, 6.07) is 17.4. The van der Waals surface area contributed by atoms with Gasteiger partial charge in [0, 0.05) is 38.1 Å². The molecule has 0 aliphatic carbocycles. The van der Waals surface area contributed by atoms with Crippen LogP contribution < -0.4 is 10.5 Å². The molecule has 1 fully saturated rings. The van der Waals surface area contributed by atoms with Crippen LogP contribution in [0.1, 0.15) is 9.67 Å². The van der Waals surface area contributed by atoms with Crippen LogP contribution in [0.2, 0.25) is 0 Å². The van der Waals surface area contributed by atoms with Crippen LogP contribution >= 0.6 is 11.3 Å². The van der Waals surface area contributed by atoms with Crippen molar-refractivity contribution < 1.29 is 4.79 Å². The maximum Gasteiger partial charge on any atom is 0.266 e. The fraction of sp³-hybridized carbons (Fsp3) is 0.190. The zero-order valence-corrected chi connectivity index (χ0v) is 15.9. The molecule has 0 spiro atoms. The van der Waals surface area contributed by atoms with E-state index in [4.69, 9.17) is 0 Å². The van der Waals surface area contributed by atoms with Gasteiger partial charge in [-0.1, -0.05) is 24.3 Å². The van der Waals surface area contributed by atoms with Crippen molar-refractivity contribution >= 4 is 38.8 Å². The molecule has 1 saturated heterocycles. The minimum Gasteiger partial charge on any atom is -0.368 e. The number of para-hydroxylation sites is 1. The van der Waals surface area contributed by atoms with Gasteiger partial charge in [-0.05, 0) is 30.3 Å². The molecule has 1 aliphatic rings. The van der Waals surface area contributed by atoms with Crippen LogP contribution in [-0.2, 0) is 0 Å². The molecule has 3 aromatic heterocycles. The molecule has 6 nitrogen and oxygen atoms in total. The van der Waals surface area contributed by atoms with Crippen molar-refractivity contribution in [3.05, 3.63) is 76.0 Å². The first kappa shape index (κ1) is 16.9. The number of hydrogen-bond donors (Lipinski definition) is 0. The van der Waals surface area contributed by atoms with Gasteiger partial charge >= 0.3 is 0 Å². The molecule has 0 atom stereocenters. The Bertz CT molecular complexity index is 1220. The lowest BCUT2D eigenvalue weighted by Crippen LogP contribution is -2.48. The molecule has 0 unspecified atom stereocenters. The number of hydrogen-bond acceptors (Lipinski definition) is 5. The number of nitrogens with zero attached hydrogens (tertiary/aromatic N) is 4. The molecule has 28 heavy (non-hydrogen) atoms. The average Bonchev–Trinajstić information content (AvgIpc) is 3.19. The number of rotatable bonds is 2. The average molecular weight is 390 g/mol. The summed E-state index contributed by atoms with van der Waals surface area (Å²) in [7, 11) is 0. The normalized spacial score (nSPS) is 14.7. The first-order valence-corrected chi connectivity index (χ1v) is 10.0. The molecule has 7 heteroatoms. The van der Waals surface area contributed by atoms with Crippen molar-refractivity contribution in [1.29, 1.82) is 0 Å². The van der Waals surface area contributed by atoms with Crippen molar-refractivity contribution in [2.24, 2.45) is 0 Å². The van der Waals surface area contributed by atoms with E-state index in [1.54, 1.807) is 24.4 Å². The van der Waals surface area contributed by atoms with E-state index >= 15 is 0 Å². The lowest BCUT2D eigenvalue weighted by Gasteiger charge is -2.35. The highest BCUT2D eigenvalue weighted by atomic mass is 32.1. The summed E-state index contributed by atoms with van der Waals surface area (Å²) < 4.78 is 1.52. The summed E-state index contributed by atoms with van der Waals surface area (Å²) in [5.41, 5.74) is 1.64. The predicted molar refractivity (Wildman–Crippen MR) is 111 cm³/mol. The highest BCUT2D eigenvalue weighted by Crippen LogP contribution is 2.24. The van der Waals surface area contributed by atoms with E-state index in [1.807, 2.05) is 29.2 Å². The molecule has 140 valence electrons. The fourth-order valence-corrected chi connectivity index (χ4v) is 4.61. The zero-order chi connectivity index (χ0) is 19.1. The first-order valence-electron chi connectivity index (χ1n) is 9.21. The lowest BCUT2D eigenvalue weighted by atomic mass is 10.2.